The van der Waals surface area contributed by atoms with E-state index in [4.69, 9.17) is 4.74 Å². The van der Waals surface area contributed by atoms with E-state index in [2.05, 4.69) is 26.5 Å². The lowest BCUT2D eigenvalue weighted by Crippen LogP contribution is -2.44. The molecule has 0 saturated carbocycles. The number of fused-ring (bicyclic) bond motifs is 1. The zero-order valence-corrected chi connectivity index (χ0v) is 19.0. The first-order valence-electron chi connectivity index (χ1n) is 10.4. The highest BCUT2D eigenvalue weighted by Crippen LogP contribution is 2.30. The SMILES string of the molecule is CNC(=O)c1cnc2ccc(CC(=O)NNC(=O)OC(C)(C)C)cc2c1Nc1ccccc1. The highest BCUT2D eigenvalue weighted by atomic mass is 16.6. The topological polar surface area (TPSA) is 121 Å². The third-order valence-corrected chi connectivity index (χ3v) is 4.51. The molecule has 172 valence electrons. The third kappa shape index (κ3) is 6.42. The van der Waals surface area contributed by atoms with E-state index in [1.807, 2.05) is 30.3 Å². The smallest absolute Gasteiger partial charge is 0.426 e. The van der Waals surface area contributed by atoms with Crippen LogP contribution in [0.15, 0.2) is 54.7 Å². The molecule has 1 aromatic heterocycles. The largest absolute Gasteiger partial charge is 0.443 e. The molecule has 3 rings (SSSR count). The van der Waals surface area contributed by atoms with Crippen LogP contribution in [0.4, 0.5) is 16.2 Å². The fraction of sp³-hybridized carbons (Fsp3) is 0.250. The van der Waals surface area contributed by atoms with Gasteiger partial charge in [-0.05, 0) is 50.6 Å². The van der Waals surface area contributed by atoms with Gasteiger partial charge in [0, 0.05) is 24.3 Å². The van der Waals surface area contributed by atoms with E-state index in [1.165, 1.54) is 6.20 Å². The number of amides is 3. The first kappa shape index (κ1) is 23.5. The number of aromatic nitrogens is 1. The summed E-state index contributed by atoms with van der Waals surface area (Å²) in [5.41, 5.74) is 7.00. The second-order valence-electron chi connectivity index (χ2n) is 8.32. The minimum Gasteiger partial charge on any atom is -0.443 e. The van der Waals surface area contributed by atoms with E-state index in [1.54, 1.807) is 46.0 Å². The molecule has 0 radical (unpaired) electrons. The number of hydrazine groups is 1. The van der Waals surface area contributed by atoms with Crippen LogP contribution in [0.3, 0.4) is 0 Å². The summed E-state index contributed by atoms with van der Waals surface area (Å²) in [5, 5.41) is 6.61. The lowest BCUT2D eigenvalue weighted by molar-refractivity contribution is -0.121. The Morgan fingerprint density at radius 2 is 1.73 bits per heavy atom. The molecule has 0 spiro atoms. The molecule has 33 heavy (non-hydrogen) atoms. The van der Waals surface area contributed by atoms with Crippen LogP contribution < -0.4 is 21.5 Å². The van der Waals surface area contributed by atoms with Crippen molar-refractivity contribution in [3.8, 4) is 0 Å². The number of anilines is 2. The number of hydrogen-bond donors (Lipinski definition) is 4. The van der Waals surface area contributed by atoms with E-state index in [0.717, 1.165) is 5.69 Å². The number of benzene rings is 2. The highest BCUT2D eigenvalue weighted by molar-refractivity contribution is 6.08. The van der Waals surface area contributed by atoms with Crippen molar-refractivity contribution in [3.05, 3.63) is 65.9 Å². The number of pyridine rings is 1. The van der Waals surface area contributed by atoms with Crippen LogP contribution >= 0.6 is 0 Å². The molecule has 0 aliphatic heterocycles. The predicted molar refractivity (Wildman–Crippen MR) is 126 cm³/mol. The van der Waals surface area contributed by atoms with Crippen molar-refractivity contribution in [1.82, 2.24) is 21.2 Å². The Labute approximate surface area is 191 Å². The molecule has 9 heteroatoms. The minimum atomic E-state index is -0.747. The molecule has 0 unspecified atom stereocenters. The van der Waals surface area contributed by atoms with Gasteiger partial charge in [-0.3, -0.25) is 20.0 Å². The first-order chi connectivity index (χ1) is 15.7. The van der Waals surface area contributed by atoms with Crippen LogP contribution in [0.2, 0.25) is 0 Å². The summed E-state index contributed by atoms with van der Waals surface area (Å²) >= 11 is 0. The molecule has 0 fully saturated rings. The number of carbonyl (C=O) groups excluding carboxylic acids is 3. The Hall–Kier alpha value is -4.14. The summed E-state index contributed by atoms with van der Waals surface area (Å²) in [5.74, 6) is -0.708. The maximum atomic E-state index is 12.5. The van der Waals surface area contributed by atoms with Crippen molar-refractivity contribution < 1.29 is 19.1 Å². The molecule has 0 aliphatic carbocycles. The Balaban J connectivity index is 1.86. The van der Waals surface area contributed by atoms with Crippen LogP contribution in [0.5, 0.6) is 0 Å². The molecule has 9 nitrogen and oxygen atoms in total. The summed E-state index contributed by atoms with van der Waals surface area (Å²) in [6, 6.07) is 14.8. The molecule has 2 aromatic carbocycles. The zero-order chi connectivity index (χ0) is 24.0. The van der Waals surface area contributed by atoms with Crippen molar-refractivity contribution in [2.24, 2.45) is 0 Å². The monoisotopic (exact) mass is 449 g/mol. The van der Waals surface area contributed by atoms with Crippen LogP contribution in [-0.4, -0.2) is 35.5 Å². The number of para-hydroxylation sites is 1. The number of ether oxygens (including phenoxy) is 1. The van der Waals surface area contributed by atoms with Gasteiger partial charge < -0.3 is 15.4 Å². The van der Waals surface area contributed by atoms with Crippen LogP contribution in [0, 0.1) is 0 Å². The van der Waals surface area contributed by atoms with Gasteiger partial charge in [0.15, 0.2) is 0 Å². The number of carbonyl (C=O) groups is 3. The molecule has 3 aromatic rings. The maximum Gasteiger partial charge on any atom is 0.426 e. The van der Waals surface area contributed by atoms with Gasteiger partial charge in [-0.2, -0.15) is 0 Å². The van der Waals surface area contributed by atoms with Crippen molar-refractivity contribution in [3.63, 3.8) is 0 Å². The summed E-state index contributed by atoms with van der Waals surface area (Å²) < 4.78 is 5.10. The average Bonchev–Trinajstić information content (AvgIpc) is 2.77. The molecule has 4 N–H and O–H groups in total. The highest BCUT2D eigenvalue weighted by Gasteiger charge is 2.18. The lowest BCUT2D eigenvalue weighted by Gasteiger charge is -2.19. The molecular weight excluding hydrogens is 422 g/mol. The summed E-state index contributed by atoms with van der Waals surface area (Å²) in [4.78, 5) is 40.9. The van der Waals surface area contributed by atoms with Gasteiger partial charge in [-0.1, -0.05) is 24.3 Å². The molecule has 0 atom stereocenters. The van der Waals surface area contributed by atoms with Crippen LogP contribution in [0.1, 0.15) is 36.7 Å². The lowest BCUT2D eigenvalue weighted by atomic mass is 10.0. The summed E-state index contributed by atoms with van der Waals surface area (Å²) in [7, 11) is 1.55. The number of hydrogen-bond acceptors (Lipinski definition) is 6. The van der Waals surface area contributed by atoms with E-state index in [0.29, 0.717) is 27.7 Å². The molecule has 1 heterocycles. The quantitative estimate of drug-likeness (QED) is 0.443. The van der Waals surface area contributed by atoms with E-state index >= 15 is 0 Å². The maximum absolute atomic E-state index is 12.5. The fourth-order valence-electron chi connectivity index (χ4n) is 3.11. The van der Waals surface area contributed by atoms with E-state index in [-0.39, 0.29) is 12.3 Å². The number of nitrogens with one attached hydrogen (secondary N) is 4. The van der Waals surface area contributed by atoms with Crippen LogP contribution in [-0.2, 0) is 16.0 Å². The second-order valence-corrected chi connectivity index (χ2v) is 8.32. The predicted octanol–water partition coefficient (Wildman–Crippen LogP) is 3.44. The van der Waals surface area contributed by atoms with E-state index in [9.17, 15) is 14.4 Å². The normalized spacial score (nSPS) is 10.9. The van der Waals surface area contributed by atoms with Crippen LogP contribution in [0.25, 0.3) is 10.9 Å². The average molecular weight is 450 g/mol. The molecular formula is C24H27N5O4. The Kier molecular flexibility index (Phi) is 7.12. The Morgan fingerprint density at radius 1 is 1.00 bits per heavy atom. The van der Waals surface area contributed by atoms with Gasteiger partial charge in [0.25, 0.3) is 5.91 Å². The Bertz CT molecular complexity index is 1170. The molecule has 0 saturated heterocycles. The van der Waals surface area contributed by atoms with Gasteiger partial charge in [0.1, 0.15) is 5.60 Å². The molecule has 3 amide bonds. The third-order valence-electron chi connectivity index (χ3n) is 4.51. The van der Waals surface area contributed by atoms with Gasteiger partial charge in [0.2, 0.25) is 5.91 Å². The zero-order valence-electron chi connectivity index (χ0n) is 19.0. The molecule has 0 bridgehead atoms. The van der Waals surface area contributed by atoms with Gasteiger partial charge >= 0.3 is 6.09 Å². The van der Waals surface area contributed by atoms with Gasteiger partial charge in [-0.25, -0.2) is 10.2 Å². The molecule has 0 aliphatic rings. The first-order valence-corrected chi connectivity index (χ1v) is 10.4. The number of rotatable bonds is 5. The van der Waals surface area contributed by atoms with Crippen molar-refractivity contribution in [1.29, 1.82) is 0 Å². The fourth-order valence-corrected chi connectivity index (χ4v) is 3.11. The summed E-state index contributed by atoms with van der Waals surface area (Å²) in [6.07, 6.45) is 0.771. The van der Waals surface area contributed by atoms with Crippen molar-refractivity contribution in [2.45, 2.75) is 32.8 Å². The van der Waals surface area contributed by atoms with E-state index < -0.39 is 17.6 Å². The minimum absolute atomic E-state index is 0.000711. The second kappa shape index (κ2) is 9.99. The Morgan fingerprint density at radius 3 is 2.39 bits per heavy atom. The van der Waals surface area contributed by atoms with Crippen molar-refractivity contribution in [2.75, 3.05) is 12.4 Å². The van der Waals surface area contributed by atoms with Crippen molar-refractivity contribution >= 4 is 40.2 Å². The van der Waals surface area contributed by atoms with Gasteiger partial charge in [0.05, 0.1) is 23.2 Å². The summed E-state index contributed by atoms with van der Waals surface area (Å²) in [6.45, 7) is 5.18. The standard InChI is InChI=1S/C24H27N5O4/c1-24(2,3)33-23(32)29-28-20(30)13-15-10-11-19-17(12-15)21(18(14-26-19)22(31)25-4)27-16-8-6-5-7-9-16/h5-12,14H,13H2,1-4H3,(H,25,31)(H,26,27)(H,28,30)(H,29,32). The van der Waals surface area contributed by atoms with Gasteiger partial charge in [-0.15, -0.1) is 0 Å². The number of nitrogens with zero attached hydrogens (tertiary/aromatic N) is 1.